The molecule has 0 spiro atoms. The van der Waals surface area contributed by atoms with Crippen molar-refractivity contribution in [2.45, 2.75) is 41.2 Å². The Balaban J connectivity index is 3.56. The van der Waals surface area contributed by atoms with Crippen LogP contribution in [0.1, 0.15) is 33.4 Å². The van der Waals surface area contributed by atoms with E-state index in [0.717, 1.165) is 0 Å². The summed E-state index contributed by atoms with van der Waals surface area (Å²) in [6.45, 7) is 11.5. The minimum absolute atomic E-state index is 0.652. The van der Waals surface area contributed by atoms with Crippen LogP contribution in [0.4, 0.5) is 0 Å². The minimum atomic E-state index is 0.652. The van der Waals surface area contributed by atoms with Gasteiger partial charge in [-0.15, -0.1) is 0 Å². The van der Waals surface area contributed by atoms with E-state index in [1.807, 2.05) is 0 Å². The molecule has 0 aliphatic heterocycles. The van der Waals surface area contributed by atoms with Gasteiger partial charge in [-0.05, 0) is 68.0 Å². The molecule has 1 nitrogen and oxygen atoms in total. The fourth-order valence-corrected chi connectivity index (χ4v) is 1.88. The topological polar surface area (TPSA) is 26.0 Å². The van der Waals surface area contributed by atoms with E-state index in [9.17, 15) is 0 Å². The van der Waals surface area contributed by atoms with Gasteiger partial charge in [-0.1, -0.05) is 0 Å². The van der Waals surface area contributed by atoms with Gasteiger partial charge >= 0.3 is 0 Å². The van der Waals surface area contributed by atoms with Gasteiger partial charge in [0.2, 0.25) is 0 Å². The van der Waals surface area contributed by atoms with Gasteiger partial charge in [0.15, 0.2) is 0 Å². The second-order valence-electron chi connectivity index (χ2n) is 3.81. The molecule has 1 aromatic rings. The third-order valence-corrected chi connectivity index (χ3v) is 3.36. The molecule has 0 amide bonds. The van der Waals surface area contributed by atoms with Crippen molar-refractivity contribution in [3.8, 4) is 0 Å². The lowest BCUT2D eigenvalue weighted by atomic mass is 9.90. The van der Waals surface area contributed by atoms with E-state index in [-0.39, 0.29) is 0 Å². The van der Waals surface area contributed by atoms with Crippen LogP contribution in [0.15, 0.2) is 0 Å². The number of hydrogen-bond donors (Lipinski definition) is 1. The van der Waals surface area contributed by atoms with Crippen LogP contribution in [-0.4, -0.2) is 0 Å². The Morgan fingerprint density at radius 3 is 1.31 bits per heavy atom. The highest BCUT2D eigenvalue weighted by Gasteiger charge is 2.09. The van der Waals surface area contributed by atoms with Gasteiger partial charge in [0.05, 0.1) is 0 Å². The van der Waals surface area contributed by atoms with Crippen LogP contribution >= 0.6 is 0 Å². The molecule has 72 valence electrons. The van der Waals surface area contributed by atoms with Gasteiger partial charge in [0, 0.05) is 6.54 Å². The quantitative estimate of drug-likeness (QED) is 0.701. The van der Waals surface area contributed by atoms with Crippen molar-refractivity contribution < 1.29 is 0 Å². The molecule has 0 saturated heterocycles. The summed E-state index contributed by atoms with van der Waals surface area (Å²) in [4.78, 5) is 0. The number of benzene rings is 1. The predicted molar refractivity (Wildman–Crippen MR) is 58.0 cm³/mol. The van der Waals surface area contributed by atoms with E-state index in [0.29, 0.717) is 6.54 Å². The van der Waals surface area contributed by atoms with E-state index in [1.54, 1.807) is 0 Å². The Hall–Kier alpha value is -0.820. The summed E-state index contributed by atoms with van der Waals surface area (Å²) in [5.74, 6) is 0. The van der Waals surface area contributed by atoms with Crippen molar-refractivity contribution in [2.75, 3.05) is 0 Å². The Kier molecular flexibility index (Phi) is 2.77. The normalized spacial score (nSPS) is 10.6. The molecule has 0 heterocycles. The van der Waals surface area contributed by atoms with Gasteiger partial charge in [-0.3, -0.25) is 0 Å². The van der Waals surface area contributed by atoms with Gasteiger partial charge in [-0.25, -0.2) is 0 Å². The second-order valence-corrected chi connectivity index (χ2v) is 3.81. The number of rotatable bonds is 1. The van der Waals surface area contributed by atoms with Crippen molar-refractivity contribution >= 4 is 0 Å². The van der Waals surface area contributed by atoms with Crippen molar-refractivity contribution in [1.29, 1.82) is 0 Å². The van der Waals surface area contributed by atoms with Gasteiger partial charge in [0.25, 0.3) is 0 Å². The second kappa shape index (κ2) is 3.51. The maximum atomic E-state index is 5.74. The highest BCUT2D eigenvalue weighted by atomic mass is 14.5. The van der Waals surface area contributed by atoms with Gasteiger partial charge < -0.3 is 5.73 Å². The summed E-state index contributed by atoms with van der Waals surface area (Å²) in [5, 5.41) is 0. The van der Waals surface area contributed by atoms with Crippen molar-refractivity contribution in [2.24, 2.45) is 5.73 Å². The molecule has 0 atom stereocenters. The number of nitrogens with two attached hydrogens (primary N) is 1. The fraction of sp³-hybridized carbons (Fsp3) is 0.500. The zero-order valence-electron chi connectivity index (χ0n) is 9.28. The molecule has 0 radical (unpaired) electrons. The molecule has 0 bridgehead atoms. The summed E-state index contributed by atoms with van der Waals surface area (Å²) >= 11 is 0. The van der Waals surface area contributed by atoms with Gasteiger partial charge in [-0.2, -0.15) is 0 Å². The van der Waals surface area contributed by atoms with Crippen LogP contribution in [0, 0.1) is 34.6 Å². The number of hydrogen-bond acceptors (Lipinski definition) is 1. The zero-order valence-corrected chi connectivity index (χ0v) is 9.28. The standard InChI is InChI=1S/C12H19N/c1-7-8(2)10(4)12(6-13)11(5)9(7)3/h6,13H2,1-5H3. The van der Waals surface area contributed by atoms with Crippen LogP contribution in [0.3, 0.4) is 0 Å². The SMILES string of the molecule is Cc1c(C)c(C)c(CN)c(C)c1C. The summed E-state index contributed by atoms with van der Waals surface area (Å²) < 4.78 is 0. The monoisotopic (exact) mass is 177 g/mol. The lowest BCUT2D eigenvalue weighted by Crippen LogP contribution is -2.07. The summed E-state index contributed by atoms with van der Waals surface area (Å²) in [6, 6.07) is 0. The molecule has 0 aromatic heterocycles. The molecule has 1 rings (SSSR count). The Morgan fingerprint density at radius 1 is 0.692 bits per heavy atom. The molecule has 0 aliphatic carbocycles. The van der Waals surface area contributed by atoms with E-state index < -0.39 is 0 Å². The molecule has 1 heteroatoms. The highest BCUT2D eigenvalue weighted by Crippen LogP contribution is 2.25. The first kappa shape index (κ1) is 10.3. The molecular weight excluding hydrogens is 158 g/mol. The maximum Gasteiger partial charge on any atom is 0.0183 e. The van der Waals surface area contributed by atoms with E-state index >= 15 is 0 Å². The molecule has 13 heavy (non-hydrogen) atoms. The predicted octanol–water partition coefficient (Wildman–Crippen LogP) is 2.69. The first-order chi connectivity index (χ1) is 6.00. The minimum Gasteiger partial charge on any atom is -0.326 e. The molecule has 0 unspecified atom stereocenters. The van der Waals surface area contributed by atoms with E-state index in [4.69, 9.17) is 5.73 Å². The summed E-state index contributed by atoms with van der Waals surface area (Å²) in [6.07, 6.45) is 0. The average Bonchev–Trinajstić information content (AvgIpc) is 2.13. The van der Waals surface area contributed by atoms with Crippen LogP contribution < -0.4 is 5.73 Å². The average molecular weight is 177 g/mol. The molecule has 0 saturated carbocycles. The summed E-state index contributed by atoms with van der Waals surface area (Å²) in [7, 11) is 0. The van der Waals surface area contributed by atoms with Crippen LogP contribution in [0.5, 0.6) is 0 Å². The Labute approximate surface area is 81.0 Å². The lowest BCUT2D eigenvalue weighted by Gasteiger charge is -2.17. The Morgan fingerprint density at radius 2 is 1.00 bits per heavy atom. The largest absolute Gasteiger partial charge is 0.326 e. The first-order valence-corrected chi connectivity index (χ1v) is 4.76. The molecule has 1 aromatic carbocycles. The molecular formula is C12H19N. The molecule has 2 N–H and O–H groups in total. The molecule has 0 fully saturated rings. The fourth-order valence-electron chi connectivity index (χ4n) is 1.88. The van der Waals surface area contributed by atoms with Crippen LogP contribution in [0.2, 0.25) is 0 Å². The smallest absolute Gasteiger partial charge is 0.0183 e. The van der Waals surface area contributed by atoms with Crippen LogP contribution in [0.25, 0.3) is 0 Å². The third-order valence-electron chi connectivity index (χ3n) is 3.36. The molecule has 0 aliphatic rings. The maximum absolute atomic E-state index is 5.74. The first-order valence-electron chi connectivity index (χ1n) is 4.76. The lowest BCUT2D eigenvalue weighted by molar-refractivity contribution is 0.997. The zero-order chi connectivity index (χ0) is 10.2. The van der Waals surface area contributed by atoms with Crippen molar-refractivity contribution in [1.82, 2.24) is 0 Å². The van der Waals surface area contributed by atoms with Crippen molar-refractivity contribution in [3.63, 3.8) is 0 Å². The van der Waals surface area contributed by atoms with Crippen LogP contribution in [-0.2, 0) is 6.54 Å². The third kappa shape index (κ3) is 1.49. The van der Waals surface area contributed by atoms with Gasteiger partial charge in [0.1, 0.15) is 0 Å². The summed E-state index contributed by atoms with van der Waals surface area (Å²) in [5.41, 5.74) is 14.0. The Bertz CT molecular complexity index is 308. The van der Waals surface area contributed by atoms with E-state index in [2.05, 4.69) is 34.6 Å². The highest BCUT2D eigenvalue weighted by molar-refractivity contribution is 5.49. The van der Waals surface area contributed by atoms with Crippen molar-refractivity contribution in [3.05, 3.63) is 33.4 Å². The van der Waals surface area contributed by atoms with E-state index in [1.165, 1.54) is 33.4 Å².